The average Bonchev–Trinajstić information content (AvgIpc) is 2.42. The molecule has 1 N–H and O–H groups in total. The minimum atomic E-state index is -0.262. The van der Waals surface area contributed by atoms with Crippen molar-refractivity contribution >= 4 is 11.9 Å². The lowest BCUT2D eigenvalue weighted by molar-refractivity contribution is -0.142. The van der Waals surface area contributed by atoms with Crippen LogP contribution in [0.25, 0.3) is 0 Å². The number of hydrogen-bond acceptors (Lipinski definition) is 4. The molecule has 1 aliphatic rings. The molecular weight excluding hydrogens is 196 g/mol. The largest absolute Gasteiger partial charge is 0.468 e. The van der Waals surface area contributed by atoms with Crippen molar-refractivity contribution < 1.29 is 14.3 Å². The summed E-state index contributed by atoms with van der Waals surface area (Å²) in [4.78, 5) is 24.3. The van der Waals surface area contributed by atoms with Crippen LogP contribution in [0.5, 0.6) is 0 Å². The molecular formula is C10H18N2O3. The summed E-state index contributed by atoms with van der Waals surface area (Å²) in [5.41, 5.74) is 0. The number of amides is 1. The Hall–Kier alpha value is -1.10. The van der Waals surface area contributed by atoms with Crippen LogP contribution in [0.4, 0.5) is 0 Å². The molecule has 0 radical (unpaired) electrons. The van der Waals surface area contributed by atoms with Gasteiger partial charge in [0, 0.05) is 19.0 Å². The molecule has 0 spiro atoms. The quantitative estimate of drug-likeness (QED) is 0.659. The Kier molecular flexibility index (Phi) is 4.55. The van der Waals surface area contributed by atoms with Crippen LogP contribution >= 0.6 is 0 Å². The lowest BCUT2D eigenvalue weighted by atomic mass is 10.1. The molecule has 0 aromatic carbocycles. The second-order valence-corrected chi connectivity index (χ2v) is 3.84. The predicted octanol–water partition coefficient (Wildman–Crippen LogP) is -0.240. The van der Waals surface area contributed by atoms with Gasteiger partial charge in [0.1, 0.15) is 0 Å². The monoisotopic (exact) mass is 214 g/mol. The normalized spacial score (nSPS) is 22.1. The first kappa shape index (κ1) is 12.0. The van der Waals surface area contributed by atoms with Crippen molar-refractivity contribution in [2.45, 2.75) is 25.3 Å². The van der Waals surface area contributed by atoms with Gasteiger partial charge in [0.2, 0.25) is 5.91 Å². The Bertz CT molecular complexity index is 243. The molecule has 0 aromatic heterocycles. The van der Waals surface area contributed by atoms with Crippen LogP contribution in [0, 0.1) is 0 Å². The van der Waals surface area contributed by atoms with E-state index in [9.17, 15) is 9.59 Å². The number of esters is 1. The first-order valence-electron chi connectivity index (χ1n) is 5.17. The van der Waals surface area contributed by atoms with Crippen LogP contribution in [0.15, 0.2) is 0 Å². The third-order valence-electron chi connectivity index (χ3n) is 2.69. The fourth-order valence-electron chi connectivity index (χ4n) is 1.73. The van der Waals surface area contributed by atoms with Crippen molar-refractivity contribution in [1.82, 2.24) is 10.2 Å². The summed E-state index contributed by atoms with van der Waals surface area (Å²) in [6, 6.07) is 0.145. The summed E-state index contributed by atoms with van der Waals surface area (Å²) in [6.07, 6.45) is 2.36. The third-order valence-corrected chi connectivity index (χ3v) is 2.69. The Morgan fingerprint density at radius 2 is 2.40 bits per heavy atom. The number of nitrogens with zero attached hydrogens (tertiary/aromatic N) is 1. The fraction of sp³-hybridized carbons (Fsp3) is 0.800. The van der Waals surface area contributed by atoms with Crippen molar-refractivity contribution in [2.75, 3.05) is 27.2 Å². The number of rotatable bonds is 3. The molecule has 1 heterocycles. The minimum absolute atomic E-state index is 0.0641. The fourth-order valence-corrected chi connectivity index (χ4v) is 1.73. The van der Waals surface area contributed by atoms with Gasteiger partial charge in [-0.25, -0.2) is 0 Å². The molecule has 15 heavy (non-hydrogen) atoms. The van der Waals surface area contributed by atoms with Crippen molar-refractivity contribution in [3.63, 3.8) is 0 Å². The highest BCUT2D eigenvalue weighted by molar-refractivity contribution is 5.77. The van der Waals surface area contributed by atoms with E-state index in [1.165, 1.54) is 7.11 Å². The van der Waals surface area contributed by atoms with E-state index in [-0.39, 0.29) is 24.5 Å². The zero-order valence-electron chi connectivity index (χ0n) is 9.28. The zero-order valence-corrected chi connectivity index (χ0v) is 9.28. The Balaban J connectivity index is 2.45. The van der Waals surface area contributed by atoms with Gasteiger partial charge in [-0.3, -0.25) is 14.5 Å². The van der Waals surface area contributed by atoms with Crippen LogP contribution in [0.3, 0.4) is 0 Å². The molecule has 0 bridgehead atoms. The van der Waals surface area contributed by atoms with Crippen LogP contribution in [-0.4, -0.2) is 50.1 Å². The predicted molar refractivity (Wildman–Crippen MR) is 55.3 cm³/mol. The molecule has 1 rings (SSSR count). The van der Waals surface area contributed by atoms with E-state index in [4.69, 9.17) is 0 Å². The first-order chi connectivity index (χ1) is 7.13. The molecule has 1 amide bonds. The van der Waals surface area contributed by atoms with Crippen molar-refractivity contribution in [3.05, 3.63) is 0 Å². The number of nitrogens with one attached hydrogen (secondary N) is 1. The van der Waals surface area contributed by atoms with E-state index < -0.39 is 0 Å². The number of ether oxygens (including phenoxy) is 1. The van der Waals surface area contributed by atoms with Gasteiger partial charge in [0.05, 0.1) is 13.7 Å². The molecule has 86 valence electrons. The molecule has 0 saturated carbocycles. The van der Waals surface area contributed by atoms with Crippen molar-refractivity contribution in [3.8, 4) is 0 Å². The molecule has 0 aliphatic carbocycles. The van der Waals surface area contributed by atoms with E-state index in [1.807, 2.05) is 11.9 Å². The van der Waals surface area contributed by atoms with Gasteiger partial charge in [0.25, 0.3) is 0 Å². The summed E-state index contributed by atoms with van der Waals surface area (Å²) in [6.45, 7) is 0.982. The number of carbonyl (C=O) groups excluding carboxylic acids is 2. The van der Waals surface area contributed by atoms with E-state index in [2.05, 4.69) is 10.1 Å². The van der Waals surface area contributed by atoms with Crippen molar-refractivity contribution in [2.24, 2.45) is 0 Å². The molecule has 1 fully saturated rings. The summed E-state index contributed by atoms with van der Waals surface area (Å²) in [5.74, 6) is -0.198. The Labute approximate surface area is 89.8 Å². The molecule has 5 nitrogen and oxygen atoms in total. The molecule has 1 aliphatic heterocycles. The molecule has 0 aromatic rings. The summed E-state index contributed by atoms with van der Waals surface area (Å²) < 4.78 is 4.59. The number of carbonyl (C=O) groups is 2. The highest BCUT2D eigenvalue weighted by atomic mass is 16.5. The van der Waals surface area contributed by atoms with Crippen LogP contribution in [0.2, 0.25) is 0 Å². The maximum absolute atomic E-state index is 11.3. The number of likely N-dealkylation sites (N-methyl/N-ethyl adjacent to an activating group) is 1. The van der Waals surface area contributed by atoms with Gasteiger partial charge in [-0.1, -0.05) is 0 Å². The van der Waals surface area contributed by atoms with E-state index in [0.717, 1.165) is 19.4 Å². The average molecular weight is 214 g/mol. The second-order valence-electron chi connectivity index (χ2n) is 3.84. The highest BCUT2D eigenvalue weighted by Crippen LogP contribution is 2.12. The number of hydrogen-bond donors (Lipinski definition) is 1. The molecule has 1 unspecified atom stereocenters. The van der Waals surface area contributed by atoms with Gasteiger partial charge >= 0.3 is 5.97 Å². The maximum Gasteiger partial charge on any atom is 0.319 e. The smallest absolute Gasteiger partial charge is 0.319 e. The maximum atomic E-state index is 11.3. The highest BCUT2D eigenvalue weighted by Gasteiger charge is 2.22. The van der Waals surface area contributed by atoms with Gasteiger partial charge in [-0.15, -0.1) is 0 Å². The second kappa shape index (κ2) is 5.70. The van der Waals surface area contributed by atoms with Gasteiger partial charge in [-0.05, 0) is 19.9 Å². The summed E-state index contributed by atoms with van der Waals surface area (Å²) in [7, 11) is 3.22. The minimum Gasteiger partial charge on any atom is -0.468 e. The topological polar surface area (TPSA) is 58.6 Å². The summed E-state index contributed by atoms with van der Waals surface area (Å²) in [5, 5.41) is 2.81. The first-order valence-corrected chi connectivity index (χ1v) is 5.17. The standard InChI is InChI=1S/C10H18N2O3/c1-12(7-10(14)15-2)8-4-3-5-11-9(13)6-8/h8H,3-7H2,1-2H3,(H,11,13). The van der Waals surface area contributed by atoms with Crippen LogP contribution in [-0.2, 0) is 14.3 Å². The Morgan fingerprint density at radius 1 is 1.67 bits per heavy atom. The third kappa shape index (κ3) is 3.87. The van der Waals surface area contributed by atoms with Crippen molar-refractivity contribution in [1.29, 1.82) is 0 Å². The Morgan fingerprint density at radius 3 is 3.07 bits per heavy atom. The lowest BCUT2D eigenvalue weighted by Crippen LogP contribution is -2.38. The lowest BCUT2D eigenvalue weighted by Gasteiger charge is -2.24. The summed E-state index contributed by atoms with van der Waals surface area (Å²) >= 11 is 0. The SMILES string of the molecule is COC(=O)CN(C)C1CCCNC(=O)C1. The number of methoxy groups -OCH3 is 1. The van der Waals surface area contributed by atoms with Gasteiger partial charge in [0.15, 0.2) is 0 Å². The van der Waals surface area contributed by atoms with E-state index >= 15 is 0 Å². The molecule has 1 saturated heterocycles. The van der Waals surface area contributed by atoms with Gasteiger partial charge < -0.3 is 10.1 Å². The van der Waals surface area contributed by atoms with Crippen LogP contribution < -0.4 is 5.32 Å². The zero-order chi connectivity index (χ0) is 11.3. The van der Waals surface area contributed by atoms with Gasteiger partial charge in [-0.2, -0.15) is 0 Å². The molecule has 5 heteroatoms. The van der Waals surface area contributed by atoms with E-state index in [0.29, 0.717) is 6.42 Å². The van der Waals surface area contributed by atoms with E-state index in [1.54, 1.807) is 0 Å². The molecule has 1 atom stereocenters. The van der Waals surface area contributed by atoms with Crippen LogP contribution in [0.1, 0.15) is 19.3 Å².